The molecule has 0 aromatic heterocycles. The van der Waals surface area contributed by atoms with Gasteiger partial charge in [0, 0.05) is 23.2 Å². The summed E-state index contributed by atoms with van der Waals surface area (Å²) in [5.41, 5.74) is 1.91. The van der Waals surface area contributed by atoms with Gasteiger partial charge in [0.05, 0.1) is 13.2 Å². The molecule has 190 valence electrons. The zero-order valence-corrected chi connectivity index (χ0v) is 20.8. The molecule has 4 saturated carbocycles. The van der Waals surface area contributed by atoms with E-state index >= 15 is 0 Å². The van der Waals surface area contributed by atoms with E-state index in [1.165, 1.54) is 19.3 Å². The van der Waals surface area contributed by atoms with E-state index in [1.807, 2.05) is 19.1 Å². The molecule has 0 atom stereocenters. The third kappa shape index (κ3) is 5.40. The Hall–Kier alpha value is -3.35. The zero-order valence-electron chi connectivity index (χ0n) is 20.8. The zero-order chi connectivity index (χ0) is 25.1. The van der Waals surface area contributed by atoms with Gasteiger partial charge in [-0.1, -0.05) is 12.1 Å². The second-order valence-corrected chi connectivity index (χ2v) is 10.8. The minimum atomic E-state index is -0.319. The predicted molar refractivity (Wildman–Crippen MR) is 137 cm³/mol. The largest absolute Gasteiger partial charge is 0.494 e. The fourth-order valence-electron chi connectivity index (χ4n) is 6.80. The Morgan fingerprint density at radius 2 is 1.47 bits per heavy atom. The lowest BCUT2D eigenvalue weighted by Crippen LogP contribution is -2.53. The highest BCUT2D eigenvalue weighted by Crippen LogP contribution is 2.60. The molecule has 7 nitrogen and oxygen atoms in total. The van der Waals surface area contributed by atoms with Crippen LogP contribution in [0, 0.1) is 23.2 Å². The molecule has 0 aliphatic heterocycles. The molecule has 0 heterocycles. The Morgan fingerprint density at radius 3 is 2.06 bits per heavy atom. The number of nitrogens with one attached hydrogen (secondary N) is 3. The quantitative estimate of drug-likeness (QED) is 0.490. The standard InChI is InChI=1S/C29H35N3O4/c1-2-36-25-9-7-24(8-10-25)32-26(33)18-30-27(34)23-5-3-19(4-6-23)17-31-28(35)29-14-20-11-21(15-29)13-22(12-20)16-29/h3-10,20-22H,2,11-18H2,1H3,(H,30,34)(H,31,35)(H,32,33). The van der Waals surface area contributed by atoms with Gasteiger partial charge in [0.2, 0.25) is 11.8 Å². The van der Waals surface area contributed by atoms with Crippen LogP contribution in [0.5, 0.6) is 5.75 Å². The Balaban J connectivity index is 1.07. The molecule has 2 aromatic carbocycles. The summed E-state index contributed by atoms with van der Waals surface area (Å²) in [4.78, 5) is 37.8. The summed E-state index contributed by atoms with van der Waals surface area (Å²) in [7, 11) is 0. The van der Waals surface area contributed by atoms with Gasteiger partial charge < -0.3 is 20.7 Å². The number of amides is 3. The fraction of sp³-hybridized carbons (Fsp3) is 0.483. The van der Waals surface area contributed by atoms with Crippen molar-refractivity contribution in [2.24, 2.45) is 23.2 Å². The topological polar surface area (TPSA) is 96.5 Å². The number of benzene rings is 2. The van der Waals surface area contributed by atoms with Gasteiger partial charge in [0.25, 0.3) is 5.91 Å². The maximum absolute atomic E-state index is 13.2. The molecule has 3 N–H and O–H groups in total. The van der Waals surface area contributed by atoms with Gasteiger partial charge in [-0.15, -0.1) is 0 Å². The van der Waals surface area contributed by atoms with Crippen LogP contribution in [0.15, 0.2) is 48.5 Å². The van der Waals surface area contributed by atoms with Crippen molar-refractivity contribution in [2.75, 3.05) is 18.5 Å². The van der Waals surface area contributed by atoms with Gasteiger partial charge in [0.15, 0.2) is 0 Å². The van der Waals surface area contributed by atoms with Crippen LogP contribution in [-0.2, 0) is 16.1 Å². The lowest BCUT2D eigenvalue weighted by Gasteiger charge is -2.55. The first kappa shape index (κ1) is 24.3. The molecule has 0 radical (unpaired) electrons. The highest BCUT2D eigenvalue weighted by molar-refractivity contribution is 5.99. The molecule has 7 heteroatoms. The van der Waals surface area contributed by atoms with Crippen molar-refractivity contribution in [1.29, 1.82) is 0 Å². The van der Waals surface area contributed by atoms with Crippen LogP contribution in [-0.4, -0.2) is 30.9 Å². The molecular weight excluding hydrogens is 454 g/mol. The lowest BCUT2D eigenvalue weighted by atomic mass is 9.49. The van der Waals surface area contributed by atoms with Gasteiger partial charge in [0.1, 0.15) is 5.75 Å². The molecule has 4 aliphatic rings. The number of carbonyl (C=O) groups is 3. The summed E-state index contributed by atoms with van der Waals surface area (Å²) in [6.45, 7) is 2.82. The third-order valence-electron chi connectivity index (χ3n) is 8.05. The molecule has 0 unspecified atom stereocenters. The van der Waals surface area contributed by atoms with Gasteiger partial charge in [-0.2, -0.15) is 0 Å². The first-order valence-electron chi connectivity index (χ1n) is 13.1. The first-order valence-corrected chi connectivity index (χ1v) is 13.1. The van der Waals surface area contributed by atoms with Gasteiger partial charge in [-0.05, 0) is 105 Å². The second-order valence-electron chi connectivity index (χ2n) is 10.8. The Labute approximate surface area is 212 Å². The van der Waals surface area contributed by atoms with Crippen LogP contribution in [0.1, 0.15) is 61.4 Å². The average molecular weight is 490 g/mol. The maximum Gasteiger partial charge on any atom is 0.251 e. The monoisotopic (exact) mass is 489 g/mol. The predicted octanol–water partition coefficient (Wildman–Crippen LogP) is 4.29. The van der Waals surface area contributed by atoms with E-state index in [0.29, 0.717) is 24.4 Å². The summed E-state index contributed by atoms with van der Waals surface area (Å²) in [5.74, 6) is 2.53. The van der Waals surface area contributed by atoms with Crippen molar-refractivity contribution >= 4 is 23.4 Å². The Bertz CT molecular complexity index is 1080. The first-order chi connectivity index (χ1) is 17.4. The third-order valence-corrected chi connectivity index (χ3v) is 8.05. The number of hydrogen-bond donors (Lipinski definition) is 3. The smallest absolute Gasteiger partial charge is 0.251 e. The van der Waals surface area contributed by atoms with Crippen LogP contribution in [0.2, 0.25) is 0 Å². The highest BCUT2D eigenvalue weighted by atomic mass is 16.5. The van der Waals surface area contributed by atoms with Crippen LogP contribution in [0.4, 0.5) is 5.69 Å². The molecule has 3 amide bonds. The SMILES string of the molecule is CCOc1ccc(NC(=O)CNC(=O)c2ccc(CNC(=O)C34CC5CC(CC(C5)C3)C4)cc2)cc1. The van der Waals surface area contributed by atoms with Gasteiger partial charge >= 0.3 is 0 Å². The Morgan fingerprint density at radius 1 is 0.861 bits per heavy atom. The number of rotatable bonds is 9. The van der Waals surface area contributed by atoms with E-state index in [1.54, 1.807) is 36.4 Å². The molecule has 6 rings (SSSR count). The number of carbonyl (C=O) groups excluding carboxylic acids is 3. The van der Waals surface area contributed by atoms with Crippen LogP contribution < -0.4 is 20.7 Å². The van der Waals surface area contributed by atoms with E-state index in [4.69, 9.17) is 4.74 Å². The maximum atomic E-state index is 13.2. The molecular formula is C29H35N3O4. The van der Waals surface area contributed by atoms with Crippen molar-refractivity contribution < 1.29 is 19.1 Å². The van der Waals surface area contributed by atoms with Gasteiger partial charge in [-0.25, -0.2) is 0 Å². The molecule has 2 aromatic rings. The van der Waals surface area contributed by atoms with Crippen LogP contribution in [0.3, 0.4) is 0 Å². The normalized spacial score (nSPS) is 25.8. The Kier molecular flexibility index (Phi) is 6.99. The molecule has 4 fully saturated rings. The highest BCUT2D eigenvalue weighted by Gasteiger charge is 2.54. The summed E-state index contributed by atoms with van der Waals surface area (Å²) in [5, 5.41) is 8.58. The van der Waals surface area contributed by atoms with Crippen LogP contribution >= 0.6 is 0 Å². The number of ether oxygens (including phenoxy) is 1. The minimum absolute atomic E-state index is 0.130. The van der Waals surface area contributed by atoms with Crippen molar-refractivity contribution in [2.45, 2.75) is 52.0 Å². The van der Waals surface area contributed by atoms with E-state index in [2.05, 4.69) is 16.0 Å². The van der Waals surface area contributed by atoms with Gasteiger partial charge in [-0.3, -0.25) is 14.4 Å². The number of anilines is 1. The fourth-order valence-corrected chi connectivity index (χ4v) is 6.80. The molecule has 36 heavy (non-hydrogen) atoms. The molecule has 4 bridgehead atoms. The van der Waals surface area contributed by atoms with E-state index in [-0.39, 0.29) is 29.7 Å². The van der Waals surface area contributed by atoms with Crippen molar-refractivity contribution in [3.63, 3.8) is 0 Å². The lowest BCUT2D eigenvalue weighted by molar-refractivity contribution is -0.146. The van der Waals surface area contributed by atoms with Crippen molar-refractivity contribution in [1.82, 2.24) is 10.6 Å². The van der Waals surface area contributed by atoms with E-state index in [0.717, 1.165) is 48.3 Å². The molecule has 4 aliphatic carbocycles. The summed E-state index contributed by atoms with van der Waals surface area (Å²) < 4.78 is 5.39. The van der Waals surface area contributed by atoms with Crippen LogP contribution in [0.25, 0.3) is 0 Å². The van der Waals surface area contributed by atoms with E-state index < -0.39 is 0 Å². The second kappa shape index (κ2) is 10.3. The summed E-state index contributed by atoms with van der Waals surface area (Å²) >= 11 is 0. The van der Waals surface area contributed by atoms with Crippen molar-refractivity contribution in [3.8, 4) is 5.75 Å². The van der Waals surface area contributed by atoms with Crippen molar-refractivity contribution in [3.05, 3.63) is 59.7 Å². The average Bonchev–Trinajstić information content (AvgIpc) is 2.86. The summed E-state index contributed by atoms with van der Waals surface area (Å²) in [6, 6.07) is 14.2. The summed E-state index contributed by atoms with van der Waals surface area (Å²) in [6.07, 6.45) is 7.11. The number of hydrogen-bond acceptors (Lipinski definition) is 4. The van der Waals surface area contributed by atoms with E-state index in [9.17, 15) is 14.4 Å². The molecule has 0 spiro atoms. The molecule has 0 saturated heterocycles. The minimum Gasteiger partial charge on any atom is -0.494 e.